The van der Waals surface area contributed by atoms with E-state index in [1.807, 2.05) is 11.8 Å². The van der Waals surface area contributed by atoms with E-state index in [9.17, 15) is 5.11 Å². The summed E-state index contributed by atoms with van der Waals surface area (Å²) in [7, 11) is 0. The van der Waals surface area contributed by atoms with E-state index in [0.29, 0.717) is 0 Å². The second kappa shape index (κ2) is 6.46. The Morgan fingerprint density at radius 2 is 1.76 bits per heavy atom. The third-order valence-electron chi connectivity index (χ3n) is 2.99. The Balaban J connectivity index is 2.61. The minimum Gasteiger partial charge on any atom is -0.388 e. The molecule has 1 atom stereocenters. The maximum absolute atomic E-state index is 10.0. The van der Waals surface area contributed by atoms with Gasteiger partial charge >= 0.3 is 0 Å². The van der Waals surface area contributed by atoms with Gasteiger partial charge in [0.05, 0.1) is 6.10 Å². The van der Waals surface area contributed by atoms with Crippen molar-refractivity contribution in [1.82, 2.24) is 0 Å². The van der Waals surface area contributed by atoms with E-state index in [1.165, 1.54) is 5.56 Å². The van der Waals surface area contributed by atoms with Crippen LogP contribution in [0.3, 0.4) is 0 Å². The quantitative estimate of drug-likeness (QED) is 0.794. The van der Waals surface area contributed by atoms with Crippen LogP contribution in [-0.2, 0) is 5.41 Å². The van der Waals surface area contributed by atoms with Crippen molar-refractivity contribution in [2.75, 3.05) is 12.0 Å². The molecule has 0 fully saturated rings. The van der Waals surface area contributed by atoms with Crippen molar-refractivity contribution in [2.45, 2.75) is 45.1 Å². The van der Waals surface area contributed by atoms with Crippen LogP contribution in [0.4, 0.5) is 0 Å². The monoisotopic (exact) mass is 252 g/mol. The zero-order chi connectivity index (χ0) is 12.9. The number of thioether (sulfide) groups is 1. The average molecular weight is 252 g/mol. The van der Waals surface area contributed by atoms with Crippen LogP contribution in [-0.4, -0.2) is 17.1 Å². The van der Waals surface area contributed by atoms with E-state index in [4.69, 9.17) is 0 Å². The molecule has 1 nitrogen and oxygen atoms in total. The van der Waals surface area contributed by atoms with Gasteiger partial charge in [0.25, 0.3) is 0 Å². The number of benzene rings is 1. The van der Waals surface area contributed by atoms with E-state index in [-0.39, 0.29) is 11.5 Å². The molecule has 0 saturated carbocycles. The first-order valence-electron chi connectivity index (χ1n) is 6.22. The molecule has 0 radical (unpaired) electrons. The van der Waals surface area contributed by atoms with Crippen LogP contribution in [0.5, 0.6) is 0 Å². The molecule has 0 aliphatic heterocycles. The first-order valence-corrected chi connectivity index (χ1v) is 7.62. The van der Waals surface area contributed by atoms with E-state index in [1.54, 1.807) is 0 Å². The summed E-state index contributed by atoms with van der Waals surface area (Å²) in [5.74, 6) is 1.12. The Morgan fingerprint density at radius 1 is 1.18 bits per heavy atom. The lowest BCUT2D eigenvalue weighted by molar-refractivity contribution is 0.167. The molecule has 0 bridgehead atoms. The highest BCUT2D eigenvalue weighted by atomic mass is 32.2. The van der Waals surface area contributed by atoms with Gasteiger partial charge < -0.3 is 5.11 Å². The molecule has 96 valence electrons. The maximum Gasteiger partial charge on any atom is 0.0790 e. The predicted molar refractivity (Wildman–Crippen MR) is 77.7 cm³/mol. The van der Waals surface area contributed by atoms with Crippen molar-refractivity contribution in [1.29, 1.82) is 0 Å². The highest BCUT2D eigenvalue weighted by molar-refractivity contribution is 7.98. The van der Waals surface area contributed by atoms with Crippen LogP contribution >= 0.6 is 11.8 Å². The minimum atomic E-state index is -0.309. The van der Waals surface area contributed by atoms with Crippen LogP contribution in [0.25, 0.3) is 0 Å². The van der Waals surface area contributed by atoms with Crippen LogP contribution in [0.1, 0.15) is 50.8 Å². The lowest BCUT2D eigenvalue weighted by Crippen LogP contribution is -2.11. The topological polar surface area (TPSA) is 20.2 Å². The predicted octanol–water partition coefficient (Wildman–Crippen LogP) is 4.16. The van der Waals surface area contributed by atoms with Gasteiger partial charge in [0, 0.05) is 0 Å². The molecule has 2 heteroatoms. The lowest BCUT2D eigenvalue weighted by atomic mass is 9.86. The standard InChI is InChI=1S/C15H24OS/c1-15(2,3)13-9-7-12(8-10-13)14(16)6-5-11-17-4/h7-10,14,16H,5-6,11H2,1-4H3. The van der Waals surface area contributed by atoms with E-state index < -0.39 is 0 Å². The summed E-state index contributed by atoms with van der Waals surface area (Å²) in [6, 6.07) is 8.38. The smallest absolute Gasteiger partial charge is 0.0790 e. The number of hydrogen-bond donors (Lipinski definition) is 1. The van der Waals surface area contributed by atoms with Crippen LogP contribution < -0.4 is 0 Å². The summed E-state index contributed by atoms with van der Waals surface area (Å²) in [6.45, 7) is 6.62. The number of aliphatic hydroxyl groups excluding tert-OH is 1. The van der Waals surface area contributed by atoms with Crippen molar-refractivity contribution in [3.8, 4) is 0 Å². The summed E-state index contributed by atoms with van der Waals surface area (Å²) < 4.78 is 0. The van der Waals surface area contributed by atoms with E-state index >= 15 is 0 Å². The van der Waals surface area contributed by atoms with Gasteiger partial charge in [-0.3, -0.25) is 0 Å². The fraction of sp³-hybridized carbons (Fsp3) is 0.600. The van der Waals surface area contributed by atoms with Crippen LogP contribution in [0.2, 0.25) is 0 Å². The van der Waals surface area contributed by atoms with Crippen LogP contribution in [0, 0.1) is 0 Å². The molecular formula is C15H24OS. The third-order valence-corrected chi connectivity index (χ3v) is 3.68. The fourth-order valence-electron chi connectivity index (χ4n) is 1.79. The van der Waals surface area contributed by atoms with Crippen molar-refractivity contribution in [3.63, 3.8) is 0 Å². The Labute approximate surface area is 110 Å². The normalized spacial score (nSPS) is 13.7. The highest BCUT2D eigenvalue weighted by Gasteiger charge is 2.14. The second-order valence-corrected chi connectivity index (χ2v) is 6.51. The minimum absolute atomic E-state index is 0.183. The molecule has 17 heavy (non-hydrogen) atoms. The summed E-state index contributed by atoms with van der Waals surface area (Å²) >= 11 is 1.83. The summed E-state index contributed by atoms with van der Waals surface area (Å²) in [5, 5.41) is 10.0. The fourth-order valence-corrected chi connectivity index (χ4v) is 2.25. The highest BCUT2D eigenvalue weighted by Crippen LogP contribution is 2.25. The molecule has 0 amide bonds. The molecule has 0 saturated heterocycles. The number of rotatable bonds is 5. The van der Waals surface area contributed by atoms with Crippen molar-refractivity contribution in [3.05, 3.63) is 35.4 Å². The summed E-state index contributed by atoms with van der Waals surface area (Å²) in [5.41, 5.74) is 2.54. The number of aliphatic hydroxyl groups is 1. The number of hydrogen-bond acceptors (Lipinski definition) is 2. The lowest BCUT2D eigenvalue weighted by Gasteiger charge is -2.20. The molecule has 1 N–H and O–H groups in total. The molecule has 1 rings (SSSR count). The van der Waals surface area contributed by atoms with Gasteiger partial charge in [-0.15, -0.1) is 0 Å². The Bertz CT molecular complexity index is 324. The van der Waals surface area contributed by atoms with Crippen molar-refractivity contribution >= 4 is 11.8 Å². The second-order valence-electron chi connectivity index (χ2n) is 5.52. The molecule has 0 spiro atoms. The van der Waals surface area contributed by atoms with Crippen molar-refractivity contribution < 1.29 is 5.11 Å². The third kappa shape index (κ3) is 4.72. The van der Waals surface area contributed by atoms with Gasteiger partial charge in [-0.05, 0) is 41.4 Å². The van der Waals surface area contributed by atoms with Gasteiger partial charge in [0.2, 0.25) is 0 Å². The van der Waals surface area contributed by atoms with Gasteiger partial charge in [-0.1, -0.05) is 45.0 Å². The molecule has 0 heterocycles. The summed E-state index contributed by atoms with van der Waals surface area (Å²) in [4.78, 5) is 0. The average Bonchev–Trinajstić information content (AvgIpc) is 2.28. The Kier molecular flexibility index (Phi) is 5.54. The Hall–Kier alpha value is -0.470. The first-order chi connectivity index (χ1) is 7.95. The molecule has 1 aromatic rings. The SMILES string of the molecule is CSCCCC(O)c1ccc(C(C)(C)C)cc1. The molecule has 0 aromatic heterocycles. The molecule has 1 aromatic carbocycles. The van der Waals surface area contributed by atoms with Gasteiger partial charge in [0.15, 0.2) is 0 Å². The molecule has 0 aliphatic rings. The molecule has 0 aliphatic carbocycles. The van der Waals surface area contributed by atoms with Gasteiger partial charge in [-0.25, -0.2) is 0 Å². The summed E-state index contributed by atoms with van der Waals surface area (Å²) in [6.07, 6.45) is 3.72. The van der Waals surface area contributed by atoms with E-state index in [0.717, 1.165) is 24.2 Å². The van der Waals surface area contributed by atoms with Gasteiger partial charge in [0.1, 0.15) is 0 Å². The Morgan fingerprint density at radius 3 is 2.24 bits per heavy atom. The van der Waals surface area contributed by atoms with E-state index in [2.05, 4.69) is 51.3 Å². The zero-order valence-corrected chi connectivity index (χ0v) is 12.2. The maximum atomic E-state index is 10.0. The van der Waals surface area contributed by atoms with Gasteiger partial charge in [-0.2, -0.15) is 11.8 Å². The molecule has 1 unspecified atom stereocenters. The first kappa shape index (κ1) is 14.6. The molecular weight excluding hydrogens is 228 g/mol. The largest absolute Gasteiger partial charge is 0.388 e. The van der Waals surface area contributed by atoms with Crippen molar-refractivity contribution in [2.24, 2.45) is 0 Å². The zero-order valence-electron chi connectivity index (χ0n) is 11.4. The van der Waals surface area contributed by atoms with Crippen LogP contribution in [0.15, 0.2) is 24.3 Å².